The molecule has 1 spiro atoms. The van der Waals surface area contributed by atoms with Crippen LogP contribution in [0.25, 0.3) is 0 Å². The lowest BCUT2D eigenvalue weighted by molar-refractivity contribution is -0.145. The predicted octanol–water partition coefficient (Wildman–Crippen LogP) is 1.72. The van der Waals surface area contributed by atoms with Gasteiger partial charge < -0.3 is 10.2 Å². The lowest BCUT2D eigenvalue weighted by atomic mass is 9.81. The zero-order valence-corrected chi connectivity index (χ0v) is 15.1. The third-order valence-electron chi connectivity index (χ3n) is 6.24. The summed E-state index contributed by atoms with van der Waals surface area (Å²) in [5.74, 6) is -0.387. The van der Waals surface area contributed by atoms with Gasteiger partial charge in [-0.2, -0.15) is 11.3 Å². The Kier molecular flexibility index (Phi) is 4.56. The summed E-state index contributed by atoms with van der Waals surface area (Å²) in [6.45, 7) is 2.26. The normalized spacial score (nSPS) is 28.8. The average molecular weight is 363 g/mol. The highest BCUT2D eigenvalue weighted by atomic mass is 32.1. The van der Waals surface area contributed by atoms with E-state index in [2.05, 4.69) is 22.1 Å². The maximum atomic E-state index is 13.0. The van der Waals surface area contributed by atoms with Crippen LogP contribution in [0.4, 0.5) is 0 Å². The molecule has 1 aromatic heterocycles. The minimum absolute atomic E-state index is 0.00729. The number of carbonyl (C=O) groups is 2. The molecule has 25 heavy (non-hydrogen) atoms. The fourth-order valence-electron chi connectivity index (χ4n) is 4.41. The number of amides is 2. The molecular formula is C18H25N3O3S. The van der Waals surface area contributed by atoms with Crippen LogP contribution in [0.3, 0.4) is 0 Å². The molecule has 0 bridgehead atoms. The molecule has 2 atom stereocenters. The van der Waals surface area contributed by atoms with Gasteiger partial charge in [0.2, 0.25) is 11.8 Å². The lowest BCUT2D eigenvalue weighted by Crippen LogP contribution is -2.59. The summed E-state index contributed by atoms with van der Waals surface area (Å²) < 4.78 is 0. The molecule has 3 heterocycles. The molecule has 136 valence electrons. The van der Waals surface area contributed by atoms with E-state index in [0.29, 0.717) is 12.3 Å². The van der Waals surface area contributed by atoms with Crippen LogP contribution in [-0.2, 0) is 9.59 Å². The monoisotopic (exact) mass is 363 g/mol. The van der Waals surface area contributed by atoms with Gasteiger partial charge in [-0.3, -0.25) is 14.8 Å². The second kappa shape index (κ2) is 6.70. The molecule has 6 nitrogen and oxygen atoms in total. The Morgan fingerprint density at radius 3 is 2.68 bits per heavy atom. The van der Waals surface area contributed by atoms with Gasteiger partial charge in [0.05, 0.1) is 12.0 Å². The van der Waals surface area contributed by atoms with Crippen LogP contribution in [0.1, 0.15) is 43.6 Å². The average Bonchev–Trinajstić information content (AvgIpc) is 3.18. The van der Waals surface area contributed by atoms with Gasteiger partial charge >= 0.3 is 0 Å². The third kappa shape index (κ3) is 3.32. The van der Waals surface area contributed by atoms with Gasteiger partial charge in [-0.15, -0.1) is 0 Å². The van der Waals surface area contributed by atoms with Gasteiger partial charge in [-0.1, -0.05) is 0 Å². The van der Waals surface area contributed by atoms with Crippen LogP contribution >= 0.6 is 11.3 Å². The Morgan fingerprint density at radius 1 is 1.32 bits per heavy atom. The minimum Gasteiger partial charge on any atom is -0.341 e. The van der Waals surface area contributed by atoms with E-state index in [1.807, 2.05) is 4.90 Å². The topological polar surface area (TPSA) is 81.7 Å². The van der Waals surface area contributed by atoms with Crippen molar-refractivity contribution in [1.29, 1.82) is 0 Å². The van der Waals surface area contributed by atoms with Gasteiger partial charge in [0.1, 0.15) is 0 Å². The molecule has 3 fully saturated rings. The number of carbonyl (C=O) groups excluding carboxylic acids is 2. The van der Waals surface area contributed by atoms with Crippen molar-refractivity contribution in [2.45, 2.75) is 44.1 Å². The molecule has 0 aromatic carbocycles. The van der Waals surface area contributed by atoms with E-state index in [1.54, 1.807) is 16.8 Å². The largest absolute Gasteiger partial charge is 0.341 e. The first-order chi connectivity index (χ1) is 12.1. The molecule has 3 N–H and O–H groups in total. The summed E-state index contributed by atoms with van der Waals surface area (Å²) in [4.78, 5) is 27.0. The Labute approximate surface area is 151 Å². The Bertz CT molecular complexity index is 636. The van der Waals surface area contributed by atoms with Crippen LogP contribution in [0.2, 0.25) is 0 Å². The van der Waals surface area contributed by atoms with E-state index >= 15 is 0 Å². The Morgan fingerprint density at radius 2 is 2.08 bits per heavy atom. The maximum absolute atomic E-state index is 13.0. The van der Waals surface area contributed by atoms with Crippen molar-refractivity contribution < 1.29 is 14.8 Å². The quantitative estimate of drug-likeness (QED) is 0.564. The van der Waals surface area contributed by atoms with Crippen LogP contribution in [0.5, 0.6) is 0 Å². The number of thiophene rings is 1. The number of nitrogens with zero attached hydrogens (tertiary/aromatic N) is 1. The van der Waals surface area contributed by atoms with E-state index in [1.165, 1.54) is 5.56 Å². The van der Waals surface area contributed by atoms with E-state index in [4.69, 9.17) is 5.21 Å². The molecule has 3 aliphatic rings. The molecule has 0 radical (unpaired) electrons. The van der Waals surface area contributed by atoms with Crippen molar-refractivity contribution in [3.63, 3.8) is 0 Å². The summed E-state index contributed by atoms with van der Waals surface area (Å²) in [6, 6.07) is 1.66. The zero-order chi connectivity index (χ0) is 17.4. The molecule has 1 saturated carbocycles. The SMILES string of the molecule is O=C(NO)C1CC2(CC2)CNC1C(=O)N1CCC(c2ccsc2)CC1. The van der Waals surface area contributed by atoms with Crippen molar-refractivity contribution in [3.05, 3.63) is 22.4 Å². The number of likely N-dealkylation sites (tertiary alicyclic amines) is 1. The fraction of sp³-hybridized carbons (Fsp3) is 0.667. The lowest BCUT2D eigenvalue weighted by Gasteiger charge is -2.40. The van der Waals surface area contributed by atoms with Crippen molar-refractivity contribution in [2.24, 2.45) is 11.3 Å². The highest BCUT2D eigenvalue weighted by Crippen LogP contribution is 2.52. The summed E-state index contributed by atoms with van der Waals surface area (Å²) in [5, 5.41) is 16.7. The maximum Gasteiger partial charge on any atom is 0.248 e. The summed E-state index contributed by atoms with van der Waals surface area (Å²) in [7, 11) is 0. The van der Waals surface area contributed by atoms with Gasteiger partial charge in [-0.25, -0.2) is 5.48 Å². The van der Waals surface area contributed by atoms with Gasteiger partial charge in [0.25, 0.3) is 0 Å². The Hall–Kier alpha value is -1.44. The van der Waals surface area contributed by atoms with Crippen LogP contribution < -0.4 is 10.8 Å². The first kappa shape index (κ1) is 17.0. The molecule has 1 aromatic rings. The minimum atomic E-state index is -0.518. The van der Waals surface area contributed by atoms with E-state index < -0.39 is 17.9 Å². The smallest absolute Gasteiger partial charge is 0.248 e. The molecule has 7 heteroatoms. The third-order valence-corrected chi connectivity index (χ3v) is 6.95. The molecule has 2 unspecified atom stereocenters. The van der Waals surface area contributed by atoms with Gasteiger partial charge in [0, 0.05) is 19.6 Å². The second-order valence-corrected chi connectivity index (χ2v) is 8.58. The van der Waals surface area contributed by atoms with Crippen molar-refractivity contribution in [2.75, 3.05) is 19.6 Å². The summed E-state index contributed by atoms with van der Waals surface area (Å²) in [5.41, 5.74) is 3.31. The van der Waals surface area contributed by atoms with Gasteiger partial charge in [0.15, 0.2) is 0 Å². The number of nitrogens with one attached hydrogen (secondary N) is 2. The standard InChI is InChI=1S/C18H25N3O3S/c22-16(20-24)14-9-18(4-5-18)11-19-15(14)17(23)21-6-1-12(2-7-21)13-3-8-25-10-13/h3,8,10,12,14-15,19,24H,1-2,4-7,9,11H2,(H,20,22). The number of hydrogen-bond acceptors (Lipinski definition) is 5. The van der Waals surface area contributed by atoms with Crippen LogP contribution in [-0.4, -0.2) is 47.6 Å². The molecule has 2 saturated heterocycles. The summed E-state index contributed by atoms with van der Waals surface area (Å²) >= 11 is 1.72. The number of hydrogen-bond donors (Lipinski definition) is 3. The predicted molar refractivity (Wildman–Crippen MR) is 94.4 cm³/mol. The first-order valence-electron chi connectivity index (χ1n) is 9.10. The van der Waals surface area contributed by atoms with E-state index in [9.17, 15) is 9.59 Å². The number of rotatable bonds is 3. The van der Waals surface area contributed by atoms with Crippen molar-refractivity contribution in [3.8, 4) is 0 Å². The highest BCUT2D eigenvalue weighted by Gasteiger charge is 2.52. The van der Waals surface area contributed by atoms with Crippen molar-refractivity contribution in [1.82, 2.24) is 15.7 Å². The zero-order valence-electron chi connectivity index (χ0n) is 14.2. The van der Waals surface area contributed by atoms with E-state index in [0.717, 1.165) is 45.3 Å². The second-order valence-electron chi connectivity index (χ2n) is 7.80. The van der Waals surface area contributed by atoms with Crippen LogP contribution in [0, 0.1) is 11.3 Å². The fourth-order valence-corrected chi connectivity index (χ4v) is 5.15. The van der Waals surface area contributed by atoms with Crippen LogP contribution in [0.15, 0.2) is 16.8 Å². The molecule has 2 amide bonds. The molecule has 4 rings (SSSR count). The van der Waals surface area contributed by atoms with Gasteiger partial charge in [-0.05, 0) is 65.8 Å². The first-order valence-corrected chi connectivity index (χ1v) is 10.0. The van der Waals surface area contributed by atoms with Crippen molar-refractivity contribution >= 4 is 23.2 Å². The number of hydroxylamine groups is 1. The Balaban J connectivity index is 1.40. The molecule has 1 aliphatic carbocycles. The van der Waals surface area contributed by atoms with E-state index in [-0.39, 0.29) is 11.3 Å². The highest BCUT2D eigenvalue weighted by molar-refractivity contribution is 7.07. The molecule has 2 aliphatic heterocycles. The summed E-state index contributed by atoms with van der Waals surface area (Å²) in [6.07, 6.45) is 4.82. The number of piperidine rings is 2. The molecular weight excluding hydrogens is 338 g/mol.